The van der Waals surface area contributed by atoms with E-state index < -0.39 is 17.5 Å². The van der Waals surface area contributed by atoms with Crippen LogP contribution in [0.1, 0.15) is 31.7 Å². The van der Waals surface area contributed by atoms with Crippen molar-refractivity contribution in [3.63, 3.8) is 0 Å². The molecule has 2 rings (SSSR count). The Bertz CT molecular complexity index is 548. The number of carbonyl (C=O) groups excluding carboxylic acids is 2. The largest absolute Gasteiger partial charge is 0.398 e. The summed E-state index contributed by atoms with van der Waals surface area (Å²) < 4.78 is 39.0. The molecule has 0 unspecified atom stereocenters. The van der Waals surface area contributed by atoms with Crippen molar-refractivity contribution in [1.29, 1.82) is 0 Å². The molecule has 20 heavy (non-hydrogen) atoms. The van der Waals surface area contributed by atoms with Crippen molar-refractivity contribution in [3.05, 3.63) is 29.8 Å². The zero-order valence-corrected chi connectivity index (χ0v) is 10.9. The normalized spacial score (nSPS) is 16.6. The fourth-order valence-corrected chi connectivity index (χ4v) is 2.19. The van der Waals surface area contributed by atoms with Crippen LogP contribution in [0.25, 0.3) is 0 Å². The second kappa shape index (κ2) is 4.92. The van der Waals surface area contributed by atoms with Gasteiger partial charge in [0.25, 0.3) is 0 Å². The number of amides is 1. The Labute approximate surface area is 114 Å². The van der Waals surface area contributed by atoms with Crippen LogP contribution < -0.4 is 5.32 Å². The third kappa shape index (κ3) is 2.84. The maximum Gasteiger partial charge on any atom is 0.398 e. The summed E-state index contributed by atoms with van der Waals surface area (Å²) in [5, 5.41) is 2.44. The number of anilines is 1. The monoisotopic (exact) mass is 285 g/mol. The van der Waals surface area contributed by atoms with E-state index in [1.165, 1.54) is 31.2 Å². The topological polar surface area (TPSA) is 46.2 Å². The van der Waals surface area contributed by atoms with Gasteiger partial charge in [-0.3, -0.25) is 9.59 Å². The van der Waals surface area contributed by atoms with Crippen molar-refractivity contribution in [2.45, 2.75) is 37.8 Å². The Morgan fingerprint density at radius 1 is 1.30 bits per heavy atom. The summed E-state index contributed by atoms with van der Waals surface area (Å²) in [5.41, 5.74) is -1.33. The minimum absolute atomic E-state index is 0.0708. The minimum atomic E-state index is -4.28. The molecular weight excluding hydrogens is 271 g/mol. The first-order valence-corrected chi connectivity index (χ1v) is 6.21. The first kappa shape index (κ1) is 14.6. The van der Waals surface area contributed by atoms with Crippen LogP contribution in [0.15, 0.2) is 24.3 Å². The fraction of sp³-hybridized carbons (Fsp3) is 0.429. The molecule has 0 atom stereocenters. The number of hydrogen-bond acceptors (Lipinski definition) is 2. The fourth-order valence-electron chi connectivity index (χ4n) is 2.19. The van der Waals surface area contributed by atoms with Gasteiger partial charge in [0.1, 0.15) is 5.78 Å². The van der Waals surface area contributed by atoms with Crippen molar-refractivity contribution >= 4 is 17.4 Å². The van der Waals surface area contributed by atoms with E-state index in [4.69, 9.17) is 0 Å². The van der Waals surface area contributed by atoms with E-state index in [1.807, 2.05) is 0 Å². The number of carbonyl (C=O) groups is 2. The van der Waals surface area contributed by atoms with Gasteiger partial charge in [-0.1, -0.05) is 12.1 Å². The Morgan fingerprint density at radius 3 is 2.45 bits per heavy atom. The van der Waals surface area contributed by atoms with E-state index in [2.05, 4.69) is 5.32 Å². The van der Waals surface area contributed by atoms with E-state index in [-0.39, 0.29) is 36.3 Å². The number of benzene rings is 1. The van der Waals surface area contributed by atoms with Crippen molar-refractivity contribution in [2.75, 3.05) is 5.32 Å². The SMILES string of the molecule is CC(=O)CC(=O)Nc1cccc(C2(C(F)(F)F)CC2)c1. The van der Waals surface area contributed by atoms with Crippen LogP contribution >= 0.6 is 0 Å². The number of hydrogen-bond donors (Lipinski definition) is 1. The lowest BCUT2D eigenvalue weighted by atomic mass is 9.95. The number of Topliss-reactive ketones (excluding diaryl/α,β-unsaturated/α-hetero) is 1. The van der Waals surface area contributed by atoms with Gasteiger partial charge in [-0.2, -0.15) is 13.2 Å². The van der Waals surface area contributed by atoms with Crippen molar-refractivity contribution < 1.29 is 22.8 Å². The third-order valence-electron chi connectivity index (χ3n) is 3.40. The van der Waals surface area contributed by atoms with E-state index in [0.717, 1.165) is 0 Å². The minimum Gasteiger partial charge on any atom is -0.326 e. The number of nitrogens with one attached hydrogen (secondary N) is 1. The lowest BCUT2D eigenvalue weighted by Crippen LogP contribution is -2.28. The van der Waals surface area contributed by atoms with E-state index in [1.54, 1.807) is 0 Å². The summed E-state index contributed by atoms with van der Waals surface area (Å²) >= 11 is 0. The molecule has 0 saturated heterocycles. The lowest BCUT2D eigenvalue weighted by molar-refractivity contribution is -0.160. The van der Waals surface area contributed by atoms with E-state index in [0.29, 0.717) is 0 Å². The maximum absolute atomic E-state index is 13.0. The number of halogens is 3. The lowest BCUT2D eigenvalue weighted by Gasteiger charge is -2.20. The predicted octanol–water partition coefficient (Wildman–Crippen LogP) is 3.20. The zero-order valence-electron chi connectivity index (χ0n) is 10.9. The molecular formula is C14H14F3NO2. The molecule has 1 aromatic carbocycles. The second-order valence-electron chi connectivity index (χ2n) is 5.09. The van der Waals surface area contributed by atoms with Gasteiger partial charge in [-0.15, -0.1) is 0 Å². The van der Waals surface area contributed by atoms with Gasteiger partial charge in [0.2, 0.25) is 5.91 Å². The standard InChI is InChI=1S/C14H14F3NO2/c1-9(19)7-12(20)18-11-4-2-3-10(8-11)13(5-6-13)14(15,16)17/h2-4,8H,5-7H2,1H3,(H,18,20). The highest BCUT2D eigenvalue weighted by atomic mass is 19.4. The molecule has 0 aromatic heterocycles. The Balaban J connectivity index is 2.17. The van der Waals surface area contributed by atoms with Gasteiger partial charge in [0.15, 0.2) is 0 Å². The van der Waals surface area contributed by atoms with Crippen LogP contribution in [0.2, 0.25) is 0 Å². The molecule has 108 valence electrons. The predicted molar refractivity (Wildman–Crippen MR) is 67.3 cm³/mol. The van der Waals surface area contributed by atoms with Crippen LogP contribution in [0.4, 0.5) is 18.9 Å². The van der Waals surface area contributed by atoms with Gasteiger partial charge in [-0.25, -0.2) is 0 Å². The van der Waals surface area contributed by atoms with Crippen LogP contribution in [-0.4, -0.2) is 17.9 Å². The third-order valence-corrected chi connectivity index (χ3v) is 3.40. The number of rotatable bonds is 4. The van der Waals surface area contributed by atoms with Gasteiger partial charge in [-0.05, 0) is 37.5 Å². The first-order valence-electron chi connectivity index (χ1n) is 6.21. The van der Waals surface area contributed by atoms with Gasteiger partial charge in [0, 0.05) is 5.69 Å². The van der Waals surface area contributed by atoms with Crippen molar-refractivity contribution in [1.82, 2.24) is 0 Å². The quantitative estimate of drug-likeness (QED) is 0.863. The highest BCUT2D eigenvalue weighted by molar-refractivity contribution is 6.03. The molecule has 0 spiro atoms. The molecule has 1 aromatic rings. The highest BCUT2D eigenvalue weighted by Crippen LogP contribution is 2.59. The molecule has 1 fully saturated rings. The molecule has 1 saturated carbocycles. The Kier molecular flexibility index (Phi) is 3.58. The summed E-state index contributed by atoms with van der Waals surface area (Å²) in [7, 11) is 0. The summed E-state index contributed by atoms with van der Waals surface area (Å²) in [5.74, 6) is -0.820. The average Bonchev–Trinajstić information content (AvgIpc) is 3.07. The smallest absolute Gasteiger partial charge is 0.326 e. The molecule has 1 aliphatic carbocycles. The van der Waals surface area contributed by atoms with E-state index in [9.17, 15) is 22.8 Å². The van der Waals surface area contributed by atoms with Crippen LogP contribution in [0.5, 0.6) is 0 Å². The summed E-state index contributed by atoms with van der Waals surface area (Å²) in [6.45, 7) is 1.28. The molecule has 0 bridgehead atoms. The second-order valence-corrected chi connectivity index (χ2v) is 5.09. The van der Waals surface area contributed by atoms with E-state index >= 15 is 0 Å². The average molecular weight is 285 g/mol. The van der Waals surface area contributed by atoms with Crippen LogP contribution in [-0.2, 0) is 15.0 Å². The molecule has 1 aliphatic rings. The maximum atomic E-state index is 13.0. The molecule has 6 heteroatoms. The summed E-state index contributed by atoms with van der Waals surface area (Å²) in [6.07, 6.45) is -4.42. The van der Waals surface area contributed by atoms with Gasteiger partial charge >= 0.3 is 6.18 Å². The molecule has 1 N–H and O–H groups in total. The number of alkyl halides is 3. The van der Waals surface area contributed by atoms with Gasteiger partial charge < -0.3 is 5.32 Å². The van der Waals surface area contributed by atoms with Crippen LogP contribution in [0.3, 0.4) is 0 Å². The molecule has 0 radical (unpaired) electrons. The van der Waals surface area contributed by atoms with Crippen LogP contribution in [0, 0.1) is 0 Å². The first-order chi connectivity index (χ1) is 9.24. The summed E-state index contributed by atoms with van der Waals surface area (Å²) in [4.78, 5) is 22.2. The highest BCUT2D eigenvalue weighted by Gasteiger charge is 2.64. The zero-order chi connectivity index (χ0) is 15.0. The molecule has 0 heterocycles. The Morgan fingerprint density at radius 2 is 1.95 bits per heavy atom. The van der Waals surface area contributed by atoms with Crippen molar-refractivity contribution in [3.8, 4) is 0 Å². The van der Waals surface area contributed by atoms with Crippen molar-refractivity contribution in [2.24, 2.45) is 0 Å². The molecule has 3 nitrogen and oxygen atoms in total. The molecule has 1 amide bonds. The molecule has 0 aliphatic heterocycles. The number of ketones is 1. The Hall–Kier alpha value is -1.85. The van der Waals surface area contributed by atoms with Gasteiger partial charge in [0.05, 0.1) is 11.8 Å². The summed E-state index contributed by atoms with van der Waals surface area (Å²) in [6, 6.07) is 5.73.